The Balaban J connectivity index is 1.68. The third kappa shape index (κ3) is 5.71. The lowest BCUT2D eigenvalue weighted by atomic mass is 9.70. The lowest BCUT2D eigenvalue weighted by Gasteiger charge is -2.52. The van der Waals surface area contributed by atoms with Crippen molar-refractivity contribution >= 4 is 11.8 Å². The highest BCUT2D eigenvalue weighted by Crippen LogP contribution is 2.46. The highest BCUT2D eigenvalue weighted by Gasteiger charge is 2.57. The van der Waals surface area contributed by atoms with Gasteiger partial charge in [0, 0.05) is 0 Å². The summed E-state index contributed by atoms with van der Waals surface area (Å²) >= 11 is 0. The molecule has 2 amide bonds. The molecule has 0 spiro atoms. The third-order valence-corrected chi connectivity index (χ3v) is 10.2. The molecule has 0 aliphatic heterocycles. The van der Waals surface area contributed by atoms with Gasteiger partial charge in [0.25, 0.3) is 0 Å². The Bertz CT molecular complexity index is 1070. The third-order valence-electron chi connectivity index (χ3n) is 10.2. The lowest BCUT2D eigenvalue weighted by Crippen LogP contribution is -2.68. The van der Waals surface area contributed by atoms with E-state index in [1.165, 1.54) is 0 Å². The molecule has 3 aliphatic rings. The Morgan fingerprint density at radius 2 is 1.02 bits per heavy atom. The van der Waals surface area contributed by atoms with Crippen LogP contribution in [0, 0.1) is 5.41 Å². The number of benzene rings is 2. The largest absolute Gasteiger partial charge is 0.388 e. The summed E-state index contributed by atoms with van der Waals surface area (Å²) < 4.78 is 0. The molecule has 0 aromatic heterocycles. The number of primary amides is 1. The normalized spacial score (nSPS) is 22.9. The molecule has 0 unspecified atom stereocenters. The molecule has 2 atom stereocenters. The Kier molecular flexibility index (Phi) is 8.67. The first-order valence-electron chi connectivity index (χ1n) is 15.4. The number of nitrogens with two attached hydrogens (primary N) is 1. The fraction of sp³-hybridized carbons (Fsp3) is 0.588. The molecule has 4 N–H and O–H groups in total. The van der Waals surface area contributed by atoms with Crippen LogP contribution in [0.3, 0.4) is 0 Å². The van der Waals surface area contributed by atoms with E-state index in [1.54, 1.807) is 0 Å². The van der Waals surface area contributed by atoms with Gasteiger partial charge in [0.1, 0.15) is 5.41 Å². The Hall–Kier alpha value is -2.70. The van der Waals surface area contributed by atoms with Crippen LogP contribution in [0.4, 0.5) is 0 Å². The number of amides is 2. The smallest absolute Gasteiger partial charge is 0.238 e. The average Bonchev–Trinajstić information content (AvgIpc) is 3.63. The molecule has 3 saturated carbocycles. The number of carbonyl (C=O) groups is 2. The second-order valence-electron chi connectivity index (χ2n) is 12.8. The highest BCUT2D eigenvalue weighted by atomic mass is 16.3. The van der Waals surface area contributed by atoms with Crippen molar-refractivity contribution in [2.45, 2.75) is 120 Å². The van der Waals surface area contributed by atoms with Gasteiger partial charge in [-0.2, -0.15) is 0 Å². The first-order valence-corrected chi connectivity index (χ1v) is 15.4. The van der Waals surface area contributed by atoms with Gasteiger partial charge in [-0.15, -0.1) is 0 Å². The zero-order chi connectivity index (χ0) is 28.2. The van der Waals surface area contributed by atoms with Gasteiger partial charge in [-0.1, -0.05) is 106 Å². The molecule has 0 bridgehead atoms. The van der Waals surface area contributed by atoms with Gasteiger partial charge in [-0.3, -0.25) is 9.59 Å². The molecule has 2 aromatic carbocycles. The van der Waals surface area contributed by atoms with E-state index in [2.05, 4.69) is 0 Å². The molecule has 0 heterocycles. The molecule has 5 rings (SSSR count). The molecular weight excluding hydrogens is 500 g/mol. The number of hydrogen-bond donors (Lipinski definition) is 3. The highest BCUT2D eigenvalue weighted by molar-refractivity contribution is 6.04. The topological polar surface area (TPSA) is 104 Å². The molecule has 0 radical (unpaired) electrons. The van der Waals surface area contributed by atoms with Crippen molar-refractivity contribution in [1.29, 1.82) is 0 Å². The maximum absolute atomic E-state index is 15.1. The minimum Gasteiger partial charge on any atom is -0.388 e. The summed E-state index contributed by atoms with van der Waals surface area (Å²) in [6, 6.07) is 18.8. The molecule has 3 aliphatic carbocycles. The monoisotopic (exact) mass is 546 g/mol. The van der Waals surface area contributed by atoms with E-state index in [1.807, 2.05) is 65.6 Å². The van der Waals surface area contributed by atoms with E-state index in [9.17, 15) is 15.0 Å². The number of hydrogen-bond acceptors (Lipinski definition) is 4. The number of aliphatic hydroxyl groups is 2. The van der Waals surface area contributed by atoms with E-state index in [-0.39, 0.29) is 5.91 Å². The Morgan fingerprint density at radius 1 is 0.650 bits per heavy atom. The molecule has 0 saturated heterocycles. The van der Waals surface area contributed by atoms with E-state index >= 15 is 4.79 Å². The van der Waals surface area contributed by atoms with Gasteiger partial charge in [0.15, 0.2) is 0 Å². The first-order chi connectivity index (χ1) is 19.3. The first kappa shape index (κ1) is 28.8. The zero-order valence-corrected chi connectivity index (χ0v) is 23.8. The van der Waals surface area contributed by atoms with Crippen molar-refractivity contribution in [2.75, 3.05) is 0 Å². The predicted molar refractivity (Wildman–Crippen MR) is 156 cm³/mol. The standard InChI is InChI=1S/C34H46N2O4/c35-30(37)32(18-8-3-9-19-32)31(38)36(28(33(39)20-10-11-21-33)24-26-14-4-1-5-15-26)29(34(40)22-12-13-23-34)25-27-16-6-2-7-17-27/h1-2,4-7,14-17,28-29,39-40H,3,8-13,18-25H2,(H2,35,37)/t28-,29-/m1/s1. The van der Waals surface area contributed by atoms with Crippen molar-refractivity contribution in [1.82, 2.24) is 4.90 Å². The van der Waals surface area contributed by atoms with Gasteiger partial charge >= 0.3 is 0 Å². The van der Waals surface area contributed by atoms with E-state index in [0.717, 1.165) is 56.1 Å². The van der Waals surface area contributed by atoms with Gasteiger partial charge in [-0.05, 0) is 62.5 Å². The van der Waals surface area contributed by atoms with Crippen LogP contribution in [-0.2, 0) is 22.4 Å². The lowest BCUT2D eigenvalue weighted by molar-refractivity contribution is -0.172. The van der Waals surface area contributed by atoms with Crippen LogP contribution in [0.5, 0.6) is 0 Å². The van der Waals surface area contributed by atoms with Crippen molar-refractivity contribution in [3.05, 3.63) is 71.8 Å². The Labute approximate surface area is 239 Å². The quantitative estimate of drug-likeness (QED) is 0.361. The van der Waals surface area contributed by atoms with Gasteiger partial charge < -0.3 is 20.8 Å². The molecule has 216 valence electrons. The molecular formula is C34H46N2O4. The fourth-order valence-electron chi connectivity index (χ4n) is 7.88. The fourth-order valence-corrected chi connectivity index (χ4v) is 7.88. The second kappa shape index (κ2) is 12.0. The van der Waals surface area contributed by atoms with Crippen LogP contribution in [0.1, 0.15) is 94.6 Å². The van der Waals surface area contributed by atoms with Crippen molar-refractivity contribution in [3.63, 3.8) is 0 Å². The van der Waals surface area contributed by atoms with Crippen LogP contribution in [-0.4, -0.2) is 50.2 Å². The van der Waals surface area contributed by atoms with Crippen LogP contribution in [0.25, 0.3) is 0 Å². The van der Waals surface area contributed by atoms with Crippen LogP contribution in [0.15, 0.2) is 60.7 Å². The summed E-state index contributed by atoms with van der Waals surface area (Å²) in [5.74, 6) is -0.863. The van der Waals surface area contributed by atoms with Crippen molar-refractivity contribution in [2.24, 2.45) is 11.1 Å². The number of rotatable bonds is 10. The zero-order valence-electron chi connectivity index (χ0n) is 23.8. The van der Waals surface area contributed by atoms with E-state index in [0.29, 0.717) is 51.4 Å². The summed E-state index contributed by atoms with van der Waals surface area (Å²) in [6.45, 7) is 0. The van der Waals surface area contributed by atoms with Crippen LogP contribution in [0.2, 0.25) is 0 Å². The average molecular weight is 547 g/mol. The predicted octanol–water partition coefficient (Wildman–Crippen LogP) is 5.08. The summed E-state index contributed by atoms with van der Waals surface area (Å²) in [5, 5.41) is 24.6. The maximum Gasteiger partial charge on any atom is 0.238 e. The molecule has 6 heteroatoms. The minimum absolute atomic E-state index is 0.290. The number of nitrogens with zero attached hydrogens (tertiary/aromatic N) is 1. The second-order valence-corrected chi connectivity index (χ2v) is 12.8. The van der Waals surface area contributed by atoms with Gasteiger partial charge in [-0.25, -0.2) is 0 Å². The summed E-state index contributed by atoms with van der Waals surface area (Å²) in [4.78, 5) is 30.2. The molecule has 40 heavy (non-hydrogen) atoms. The Morgan fingerprint density at radius 3 is 1.40 bits per heavy atom. The van der Waals surface area contributed by atoms with Gasteiger partial charge in [0.2, 0.25) is 11.8 Å². The SMILES string of the molecule is NC(=O)C1(C(=O)N([C@H](Cc2ccccc2)C2(O)CCCC2)[C@H](Cc2ccccc2)C2(O)CCCC2)CCCCC1. The van der Waals surface area contributed by atoms with Crippen LogP contribution >= 0.6 is 0 Å². The summed E-state index contributed by atoms with van der Waals surface area (Å²) in [7, 11) is 0. The van der Waals surface area contributed by atoms with Crippen molar-refractivity contribution in [3.8, 4) is 0 Å². The summed E-state index contributed by atoms with van der Waals surface area (Å²) in [6.07, 6.45) is 10.2. The van der Waals surface area contributed by atoms with Crippen molar-refractivity contribution < 1.29 is 19.8 Å². The van der Waals surface area contributed by atoms with E-state index in [4.69, 9.17) is 5.73 Å². The molecule has 3 fully saturated rings. The van der Waals surface area contributed by atoms with Crippen LogP contribution < -0.4 is 5.73 Å². The minimum atomic E-state index is -1.31. The number of carbonyl (C=O) groups excluding carboxylic acids is 2. The maximum atomic E-state index is 15.1. The summed E-state index contributed by atoms with van der Waals surface area (Å²) in [5.41, 5.74) is 4.63. The van der Waals surface area contributed by atoms with Gasteiger partial charge in [0.05, 0.1) is 23.3 Å². The molecule has 2 aromatic rings. The van der Waals surface area contributed by atoms with E-state index < -0.39 is 34.6 Å². The molecule has 6 nitrogen and oxygen atoms in total.